The highest BCUT2D eigenvalue weighted by Crippen LogP contribution is 2.32. The van der Waals surface area contributed by atoms with Gasteiger partial charge in [-0.15, -0.1) is 0 Å². The van der Waals surface area contributed by atoms with Crippen molar-refractivity contribution in [2.24, 2.45) is 0 Å². The molecule has 2 aromatic rings. The summed E-state index contributed by atoms with van der Waals surface area (Å²) in [5.41, 5.74) is 11.8. The van der Waals surface area contributed by atoms with Crippen LogP contribution in [0.1, 0.15) is 29.5 Å². The molecule has 3 nitrogen and oxygen atoms in total. The van der Waals surface area contributed by atoms with Crippen molar-refractivity contribution in [1.82, 2.24) is 0 Å². The van der Waals surface area contributed by atoms with Gasteiger partial charge in [0.05, 0.1) is 16.9 Å². The molecule has 1 aliphatic carbocycles. The number of nitrogen functional groups attached to an aromatic ring is 1. The lowest BCUT2D eigenvalue weighted by Crippen LogP contribution is -2.07. The summed E-state index contributed by atoms with van der Waals surface area (Å²) >= 11 is 0. The number of nitrogens with one attached hydrogen (secondary N) is 1. The van der Waals surface area contributed by atoms with E-state index in [4.69, 9.17) is 11.0 Å². The summed E-state index contributed by atoms with van der Waals surface area (Å²) in [5.74, 6) is 0. The molecule has 20 heavy (non-hydrogen) atoms. The number of rotatable bonds is 2. The van der Waals surface area contributed by atoms with E-state index < -0.39 is 0 Å². The fourth-order valence-corrected chi connectivity index (χ4v) is 2.82. The van der Waals surface area contributed by atoms with Gasteiger partial charge in [-0.05, 0) is 55.0 Å². The molecule has 0 aromatic heterocycles. The molecule has 100 valence electrons. The maximum Gasteiger partial charge on any atom is 0.101 e. The third-order valence-corrected chi connectivity index (χ3v) is 3.89. The average Bonchev–Trinajstić information content (AvgIpc) is 2.50. The van der Waals surface area contributed by atoms with Gasteiger partial charge >= 0.3 is 0 Å². The second-order valence-corrected chi connectivity index (χ2v) is 5.15. The minimum atomic E-state index is 0.514. The lowest BCUT2D eigenvalue weighted by Gasteiger charge is -2.20. The van der Waals surface area contributed by atoms with Gasteiger partial charge in [0.2, 0.25) is 0 Å². The Kier molecular flexibility index (Phi) is 3.30. The molecule has 0 unspecified atom stereocenters. The minimum absolute atomic E-state index is 0.514. The zero-order valence-corrected chi connectivity index (χ0v) is 11.3. The van der Waals surface area contributed by atoms with Crippen LogP contribution in [0.2, 0.25) is 0 Å². The summed E-state index contributed by atoms with van der Waals surface area (Å²) in [4.78, 5) is 0. The predicted molar refractivity (Wildman–Crippen MR) is 81.9 cm³/mol. The van der Waals surface area contributed by atoms with Gasteiger partial charge in [0.1, 0.15) is 6.07 Å². The number of nitriles is 1. The van der Waals surface area contributed by atoms with Gasteiger partial charge in [-0.25, -0.2) is 0 Å². The van der Waals surface area contributed by atoms with Crippen LogP contribution >= 0.6 is 0 Å². The van der Waals surface area contributed by atoms with Crippen molar-refractivity contribution in [1.29, 1.82) is 5.26 Å². The van der Waals surface area contributed by atoms with Crippen LogP contribution in [-0.2, 0) is 12.8 Å². The van der Waals surface area contributed by atoms with Crippen LogP contribution in [0.4, 0.5) is 17.1 Å². The van der Waals surface area contributed by atoms with Crippen LogP contribution in [-0.4, -0.2) is 0 Å². The van der Waals surface area contributed by atoms with Crippen molar-refractivity contribution in [3.05, 3.63) is 53.1 Å². The molecular weight excluding hydrogens is 246 g/mol. The van der Waals surface area contributed by atoms with Crippen LogP contribution in [0.5, 0.6) is 0 Å². The molecule has 0 atom stereocenters. The summed E-state index contributed by atoms with van der Waals surface area (Å²) in [6.45, 7) is 0. The van der Waals surface area contributed by atoms with E-state index in [9.17, 15) is 0 Å². The summed E-state index contributed by atoms with van der Waals surface area (Å²) in [7, 11) is 0. The Hall–Kier alpha value is -2.47. The van der Waals surface area contributed by atoms with E-state index in [2.05, 4.69) is 29.6 Å². The van der Waals surface area contributed by atoms with E-state index in [1.807, 2.05) is 12.1 Å². The molecule has 0 fully saturated rings. The molecule has 3 rings (SSSR count). The molecule has 0 heterocycles. The number of hydrogen-bond acceptors (Lipinski definition) is 3. The summed E-state index contributed by atoms with van der Waals surface area (Å²) in [6.07, 6.45) is 4.76. The van der Waals surface area contributed by atoms with Crippen molar-refractivity contribution >= 4 is 17.1 Å². The molecule has 0 aliphatic heterocycles. The van der Waals surface area contributed by atoms with E-state index in [1.165, 1.54) is 24.0 Å². The number of aryl methyl sites for hydroxylation is 1. The Morgan fingerprint density at radius 2 is 1.75 bits per heavy atom. The van der Waals surface area contributed by atoms with Gasteiger partial charge in [-0.3, -0.25) is 0 Å². The van der Waals surface area contributed by atoms with Gasteiger partial charge in [0.25, 0.3) is 0 Å². The highest BCUT2D eigenvalue weighted by atomic mass is 14.9. The van der Waals surface area contributed by atoms with E-state index in [0.29, 0.717) is 11.3 Å². The third-order valence-electron chi connectivity index (χ3n) is 3.89. The number of hydrogen-bond donors (Lipinski definition) is 2. The molecule has 0 saturated heterocycles. The number of benzene rings is 2. The number of anilines is 3. The van der Waals surface area contributed by atoms with Gasteiger partial charge < -0.3 is 11.1 Å². The highest BCUT2D eigenvalue weighted by molar-refractivity contribution is 5.78. The van der Waals surface area contributed by atoms with Crippen LogP contribution < -0.4 is 11.1 Å². The van der Waals surface area contributed by atoms with Crippen LogP contribution in [0.15, 0.2) is 36.4 Å². The highest BCUT2D eigenvalue weighted by Gasteiger charge is 2.14. The second-order valence-electron chi connectivity index (χ2n) is 5.15. The fraction of sp³-hybridized carbons (Fsp3) is 0.235. The second kappa shape index (κ2) is 5.26. The smallest absolute Gasteiger partial charge is 0.101 e. The Morgan fingerprint density at radius 1 is 1.00 bits per heavy atom. The molecular formula is C17H17N3. The number of nitrogens with zero attached hydrogens (tertiary/aromatic N) is 1. The van der Waals surface area contributed by atoms with E-state index in [1.54, 1.807) is 6.07 Å². The van der Waals surface area contributed by atoms with Gasteiger partial charge in [-0.1, -0.05) is 18.2 Å². The van der Waals surface area contributed by atoms with E-state index >= 15 is 0 Å². The van der Waals surface area contributed by atoms with Gasteiger partial charge in [0.15, 0.2) is 0 Å². The molecule has 3 heteroatoms. The molecule has 0 bridgehead atoms. The van der Waals surface area contributed by atoms with Crippen LogP contribution in [0.3, 0.4) is 0 Å². The van der Waals surface area contributed by atoms with E-state index in [0.717, 1.165) is 24.2 Å². The monoisotopic (exact) mass is 263 g/mol. The van der Waals surface area contributed by atoms with Crippen molar-refractivity contribution in [2.75, 3.05) is 11.1 Å². The zero-order valence-electron chi connectivity index (χ0n) is 11.3. The topological polar surface area (TPSA) is 61.8 Å². The minimum Gasteiger partial charge on any atom is -0.396 e. The third kappa shape index (κ3) is 2.21. The van der Waals surface area contributed by atoms with E-state index in [-0.39, 0.29) is 0 Å². The van der Waals surface area contributed by atoms with Crippen LogP contribution in [0, 0.1) is 11.3 Å². The van der Waals surface area contributed by atoms with Gasteiger partial charge in [0, 0.05) is 5.69 Å². The normalized spacial score (nSPS) is 13.3. The van der Waals surface area contributed by atoms with Crippen molar-refractivity contribution < 1.29 is 0 Å². The summed E-state index contributed by atoms with van der Waals surface area (Å²) in [6, 6.07) is 14.0. The van der Waals surface area contributed by atoms with Crippen LogP contribution in [0.25, 0.3) is 0 Å². The molecule has 0 spiro atoms. The largest absolute Gasteiger partial charge is 0.396 e. The Morgan fingerprint density at radius 3 is 2.60 bits per heavy atom. The zero-order chi connectivity index (χ0) is 13.9. The Bertz CT molecular complexity index is 683. The Labute approximate surface area is 119 Å². The van der Waals surface area contributed by atoms with Gasteiger partial charge in [-0.2, -0.15) is 5.26 Å². The summed E-state index contributed by atoms with van der Waals surface area (Å²) < 4.78 is 0. The number of nitrogens with two attached hydrogens (primary N) is 1. The first kappa shape index (κ1) is 12.6. The Balaban J connectivity index is 1.98. The first-order chi connectivity index (χ1) is 9.79. The van der Waals surface area contributed by atoms with Crippen molar-refractivity contribution in [3.63, 3.8) is 0 Å². The average molecular weight is 263 g/mol. The fourth-order valence-electron chi connectivity index (χ4n) is 2.82. The van der Waals surface area contributed by atoms with Crippen molar-refractivity contribution in [2.45, 2.75) is 25.7 Å². The maximum absolute atomic E-state index is 9.04. The first-order valence-corrected chi connectivity index (χ1v) is 6.96. The lowest BCUT2D eigenvalue weighted by atomic mass is 9.90. The molecule has 2 aromatic carbocycles. The SMILES string of the molecule is N#Cc1cccc(Nc2cccc3c2CCCC3)c1N. The first-order valence-electron chi connectivity index (χ1n) is 6.96. The van der Waals surface area contributed by atoms with Crippen molar-refractivity contribution in [3.8, 4) is 6.07 Å². The number of fused-ring (bicyclic) bond motifs is 1. The maximum atomic E-state index is 9.04. The number of para-hydroxylation sites is 1. The standard InChI is InChI=1S/C17H17N3/c18-11-13-7-4-10-16(17(13)19)20-15-9-3-6-12-5-1-2-8-14(12)15/h3-4,6-7,9-10,20H,1-2,5,8,19H2. The summed E-state index contributed by atoms with van der Waals surface area (Å²) in [5, 5.41) is 12.4. The molecule has 0 amide bonds. The molecule has 3 N–H and O–H groups in total. The molecule has 0 saturated carbocycles. The lowest BCUT2D eigenvalue weighted by molar-refractivity contribution is 0.687. The molecule has 0 radical (unpaired) electrons. The predicted octanol–water partition coefficient (Wildman–Crippen LogP) is 3.76. The molecule has 1 aliphatic rings. The quantitative estimate of drug-likeness (QED) is 0.811.